The SMILES string of the molecule is COC(=O)CCCCCN/C(=C\[N+](=O)[O-])OC. The molecule has 0 fully saturated rings. The summed E-state index contributed by atoms with van der Waals surface area (Å²) >= 11 is 0. The Morgan fingerprint density at radius 1 is 1.29 bits per heavy atom. The number of carbonyl (C=O) groups excluding carboxylic acids is 1. The summed E-state index contributed by atoms with van der Waals surface area (Å²) in [6.07, 6.45) is 3.56. The fraction of sp³-hybridized carbons (Fsp3) is 0.700. The first kappa shape index (κ1) is 15.2. The molecule has 0 aromatic carbocycles. The average Bonchev–Trinajstić information content (AvgIpc) is 2.30. The van der Waals surface area contributed by atoms with Crippen LogP contribution >= 0.6 is 0 Å². The predicted octanol–water partition coefficient (Wildman–Crippen LogP) is 1.03. The molecule has 7 heteroatoms. The van der Waals surface area contributed by atoms with Gasteiger partial charge in [-0.05, 0) is 12.8 Å². The molecule has 7 nitrogen and oxygen atoms in total. The van der Waals surface area contributed by atoms with Crippen LogP contribution in [0.5, 0.6) is 0 Å². The first-order valence-electron chi connectivity index (χ1n) is 5.30. The zero-order valence-corrected chi connectivity index (χ0v) is 10.1. The van der Waals surface area contributed by atoms with Crippen LogP contribution in [0.15, 0.2) is 12.1 Å². The van der Waals surface area contributed by atoms with E-state index >= 15 is 0 Å². The van der Waals surface area contributed by atoms with Gasteiger partial charge in [0, 0.05) is 13.0 Å². The molecule has 0 saturated heterocycles. The van der Waals surface area contributed by atoms with E-state index in [0.29, 0.717) is 13.0 Å². The van der Waals surface area contributed by atoms with Gasteiger partial charge in [0.1, 0.15) is 0 Å². The Morgan fingerprint density at radius 2 is 2.00 bits per heavy atom. The van der Waals surface area contributed by atoms with Crippen molar-refractivity contribution in [3.63, 3.8) is 0 Å². The third-order valence-corrected chi connectivity index (χ3v) is 2.03. The number of nitro groups is 1. The van der Waals surface area contributed by atoms with Crippen molar-refractivity contribution in [2.24, 2.45) is 0 Å². The highest BCUT2D eigenvalue weighted by Crippen LogP contribution is 2.01. The van der Waals surface area contributed by atoms with Crippen LogP contribution in [0.4, 0.5) is 0 Å². The lowest BCUT2D eigenvalue weighted by atomic mass is 10.2. The van der Waals surface area contributed by atoms with E-state index < -0.39 is 4.92 Å². The Morgan fingerprint density at radius 3 is 2.53 bits per heavy atom. The van der Waals surface area contributed by atoms with E-state index in [9.17, 15) is 14.9 Å². The van der Waals surface area contributed by atoms with Gasteiger partial charge in [-0.2, -0.15) is 0 Å². The number of ether oxygens (including phenoxy) is 2. The normalized spacial score (nSPS) is 10.8. The summed E-state index contributed by atoms with van der Waals surface area (Å²) in [6.45, 7) is 0.564. The van der Waals surface area contributed by atoms with Crippen LogP contribution in [0, 0.1) is 10.1 Å². The molecule has 0 aliphatic rings. The van der Waals surface area contributed by atoms with Crippen LogP contribution in [0.2, 0.25) is 0 Å². The van der Waals surface area contributed by atoms with Crippen LogP contribution in [0.1, 0.15) is 25.7 Å². The van der Waals surface area contributed by atoms with Gasteiger partial charge in [-0.1, -0.05) is 6.42 Å². The summed E-state index contributed by atoms with van der Waals surface area (Å²) in [5, 5.41) is 13.0. The number of methoxy groups -OCH3 is 2. The maximum Gasteiger partial charge on any atom is 0.305 e. The molecule has 0 bridgehead atoms. The third kappa shape index (κ3) is 9.16. The number of unbranched alkanes of at least 4 members (excludes halogenated alkanes) is 2. The number of hydrogen-bond donors (Lipinski definition) is 1. The number of rotatable bonds is 9. The minimum atomic E-state index is -0.580. The summed E-state index contributed by atoms with van der Waals surface area (Å²) in [5.41, 5.74) is 0. The van der Waals surface area contributed by atoms with Crippen LogP contribution < -0.4 is 5.32 Å². The van der Waals surface area contributed by atoms with E-state index in [-0.39, 0.29) is 11.9 Å². The third-order valence-electron chi connectivity index (χ3n) is 2.03. The molecule has 0 aliphatic carbocycles. The van der Waals surface area contributed by atoms with E-state index in [1.165, 1.54) is 14.2 Å². The smallest absolute Gasteiger partial charge is 0.305 e. The first-order valence-corrected chi connectivity index (χ1v) is 5.30. The maximum atomic E-state index is 10.8. The summed E-state index contributed by atoms with van der Waals surface area (Å²) in [5.74, 6) is -0.0910. The van der Waals surface area contributed by atoms with E-state index in [2.05, 4.69) is 10.1 Å². The number of nitrogens with zero attached hydrogens (tertiary/aromatic N) is 1. The quantitative estimate of drug-likeness (QED) is 0.215. The number of esters is 1. The number of nitrogens with one attached hydrogen (secondary N) is 1. The van der Waals surface area contributed by atoms with Crippen LogP contribution in [-0.2, 0) is 14.3 Å². The van der Waals surface area contributed by atoms with Gasteiger partial charge in [-0.15, -0.1) is 0 Å². The number of hydrogen-bond acceptors (Lipinski definition) is 6. The van der Waals surface area contributed by atoms with Gasteiger partial charge in [0.15, 0.2) is 0 Å². The topological polar surface area (TPSA) is 90.7 Å². The molecule has 0 spiro atoms. The van der Waals surface area contributed by atoms with Crippen molar-refractivity contribution in [3.8, 4) is 0 Å². The second kappa shape index (κ2) is 9.44. The van der Waals surface area contributed by atoms with Crippen LogP contribution in [0.25, 0.3) is 0 Å². The fourth-order valence-corrected chi connectivity index (χ4v) is 1.15. The molecular weight excluding hydrogens is 228 g/mol. The van der Waals surface area contributed by atoms with Gasteiger partial charge in [0.05, 0.1) is 19.1 Å². The van der Waals surface area contributed by atoms with E-state index in [1.807, 2.05) is 0 Å². The van der Waals surface area contributed by atoms with Gasteiger partial charge < -0.3 is 14.8 Å². The van der Waals surface area contributed by atoms with Crippen molar-refractivity contribution in [2.45, 2.75) is 25.7 Å². The maximum absolute atomic E-state index is 10.8. The van der Waals surface area contributed by atoms with Crippen molar-refractivity contribution in [2.75, 3.05) is 20.8 Å². The molecule has 1 N–H and O–H groups in total. The van der Waals surface area contributed by atoms with Gasteiger partial charge in [0.2, 0.25) is 0 Å². The second-order valence-corrected chi connectivity index (χ2v) is 3.30. The van der Waals surface area contributed by atoms with Gasteiger partial charge in [-0.3, -0.25) is 14.9 Å². The molecular formula is C10H18N2O5. The Hall–Kier alpha value is -1.79. The lowest BCUT2D eigenvalue weighted by molar-refractivity contribution is -0.405. The van der Waals surface area contributed by atoms with Crippen molar-refractivity contribution in [1.29, 1.82) is 0 Å². The Labute approximate surface area is 99.9 Å². The van der Waals surface area contributed by atoms with Crippen molar-refractivity contribution in [3.05, 3.63) is 22.2 Å². The van der Waals surface area contributed by atoms with Crippen LogP contribution in [0.3, 0.4) is 0 Å². The molecule has 98 valence electrons. The average molecular weight is 246 g/mol. The molecule has 17 heavy (non-hydrogen) atoms. The number of carbonyl (C=O) groups is 1. The summed E-state index contributed by atoms with van der Waals surface area (Å²) in [4.78, 5) is 20.4. The Balaban J connectivity index is 3.56. The standard InChI is InChI=1S/C10H18N2O5/c1-16-9(8-12(14)15)11-7-5-3-4-6-10(13)17-2/h8,11H,3-7H2,1-2H3/b9-8+. The highest BCUT2D eigenvalue weighted by atomic mass is 16.6. The lowest BCUT2D eigenvalue weighted by Gasteiger charge is -2.06. The highest BCUT2D eigenvalue weighted by molar-refractivity contribution is 5.68. The Kier molecular flexibility index (Phi) is 8.44. The zero-order chi connectivity index (χ0) is 13.1. The van der Waals surface area contributed by atoms with Gasteiger partial charge >= 0.3 is 5.97 Å². The first-order chi connectivity index (χ1) is 8.10. The molecule has 0 rings (SSSR count). The minimum Gasteiger partial charge on any atom is -0.478 e. The van der Waals surface area contributed by atoms with Crippen molar-refractivity contribution < 1.29 is 19.2 Å². The van der Waals surface area contributed by atoms with Crippen molar-refractivity contribution >= 4 is 5.97 Å². The summed E-state index contributed by atoms with van der Waals surface area (Å²) in [6, 6.07) is 0. The van der Waals surface area contributed by atoms with E-state index in [1.54, 1.807) is 0 Å². The molecule has 0 aromatic rings. The Bertz CT molecular complexity index is 278. The van der Waals surface area contributed by atoms with Crippen LogP contribution in [-0.4, -0.2) is 31.7 Å². The molecule has 0 aliphatic heterocycles. The molecule has 0 amide bonds. The molecule has 0 saturated carbocycles. The van der Waals surface area contributed by atoms with E-state index in [0.717, 1.165) is 25.5 Å². The molecule has 0 heterocycles. The fourth-order valence-electron chi connectivity index (χ4n) is 1.15. The molecule has 0 atom stereocenters. The van der Waals surface area contributed by atoms with Gasteiger partial charge in [-0.25, -0.2) is 0 Å². The van der Waals surface area contributed by atoms with E-state index in [4.69, 9.17) is 4.74 Å². The predicted molar refractivity (Wildman–Crippen MR) is 60.6 cm³/mol. The minimum absolute atomic E-state index is 0.128. The monoisotopic (exact) mass is 246 g/mol. The molecule has 0 radical (unpaired) electrons. The lowest BCUT2D eigenvalue weighted by Crippen LogP contribution is -2.17. The second-order valence-electron chi connectivity index (χ2n) is 3.30. The highest BCUT2D eigenvalue weighted by Gasteiger charge is 2.02. The molecule has 0 unspecified atom stereocenters. The molecule has 0 aromatic heterocycles. The largest absolute Gasteiger partial charge is 0.478 e. The van der Waals surface area contributed by atoms with Gasteiger partial charge in [0.25, 0.3) is 12.1 Å². The summed E-state index contributed by atoms with van der Waals surface area (Å²) in [7, 11) is 2.72. The zero-order valence-electron chi connectivity index (χ0n) is 10.1. The van der Waals surface area contributed by atoms with Crippen molar-refractivity contribution in [1.82, 2.24) is 5.32 Å². The summed E-state index contributed by atoms with van der Waals surface area (Å²) < 4.78 is 9.25.